The topological polar surface area (TPSA) is 67.8 Å². The van der Waals surface area contributed by atoms with Crippen LogP contribution in [-0.2, 0) is 9.53 Å². The minimum absolute atomic E-state index is 0.0304. The first-order valence-electron chi connectivity index (χ1n) is 7.33. The van der Waals surface area contributed by atoms with Gasteiger partial charge in [-0.15, -0.1) is 0 Å². The summed E-state index contributed by atoms with van der Waals surface area (Å²) in [6.45, 7) is 15.3. The number of hydrogen-bond donors (Lipinski definition) is 1. The van der Waals surface area contributed by atoms with Crippen LogP contribution < -0.4 is 5.32 Å². The second kappa shape index (κ2) is 7.49. The fourth-order valence-corrected chi connectivity index (χ4v) is 2.53. The summed E-state index contributed by atoms with van der Waals surface area (Å²) in [5.74, 6) is -0.154. The monoisotopic (exact) mass is 330 g/mol. The molecule has 2 amide bonds. The molecule has 0 saturated heterocycles. The highest BCUT2D eigenvalue weighted by atomic mass is 32.2. The second-order valence-corrected chi connectivity index (χ2v) is 8.97. The van der Waals surface area contributed by atoms with E-state index in [1.54, 1.807) is 27.0 Å². The van der Waals surface area contributed by atoms with Crippen LogP contribution in [-0.4, -0.2) is 29.0 Å². The summed E-state index contributed by atoms with van der Waals surface area (Å²) in [5, 5.41) is 2.97. The first-order valence-corrected chi connectivity index (χ1v) is 8.56. The maximum Gasteiger partial charge on any atom is 0.436 e. The lowest BCUT2D eigenvalue weighted by Crippen LogP contribution is -2.41. The summed E-state index contributed by atoms with van der Waals surface area (Å²) in [6.07, 6.45) is 1.77. The van der Waals surface area contributed by atoms with Gasteiger partial charge in [0.15, 0.2) is 5.17 Å². The van der Waals surface area contributed by atoms with E-state index in [0.717, 1.165) is 6.42 Å². The van der Waals surface area contributed by atoms with E-state index in [-0.39, 0.29) is 16.5 Å². The Balaban J connectivity index is 4.94. The van der Waals surface area contributed by atoms with Gasteiger partial charge in [0.25, 0.3) is 0 Å². The van der Waals surface area contributed by atoms with Crippen LogP contribution in [0.15, 0.2) is 4.99 Å². The van der Waals surface area contributed by atoms with Crippen LogP contribution in [0.5, 0.6) is 0 Å². The van der Waals surface area contributed by atoms with E-state index in [1.807, 2.05) is 13.8 Å². The molecule has 22 heavy (non-hydrogen) atoms. The average Bonchev–Trinajstić information content (AvgIpc) is 2.21. The Hall–Kier alpha value is -1.04. The number of amidine groups is 1. The SMILES string of the molecule is CS/C(=N\C(=O)OC(C)(C)C)NC(=O)C(C)(C)CC(C)(C)C. The van der Waals surface area contributed by atoms with Crippen molar-refractivity contribution < 1.29 is 14.3 Å². The summed E-state index contributed by atoms with van der Waals surface area (Å²) in [7, 11) is 0. The van der Waals surface area contributed by atoms with Crippen molar-refractivity contribution in [3.63, 3.8) is 0 Å². The van der Waals surface area contributed by atoms with E-state index in [9.17, 15) is 9.59 Å². The maximum absolute atomic E-state index is 12.4. The predicted octanol–water partition coefficient (Wildman–Crippen LogP) is 4.22. The third kappa shape index (κ3) is 9.07. The van der Waals surface area contributed by atoms with E-state index >= 15 is 0 Å². The number of hydrogen-bond acceptors (Lipinski definition) is 4. The molecule has 0 aliphatic rings. The van der Waals surface area contributed by atoms with E-state index in [0.29, 0.717) is 0 Å². The van der Waals surface area contributed by atoms with E-state index in [2.05, 4.69) is 31.1 Å². The third-order valence-electron chi connectivity index (χ3n) is 2.59. The molecule has 0 radical (unpaired) electrons. The number of amides is 2. The van der Waals surface area contributed by atoms with Crippen LogP contribution >= 0.6 is 11.8 Å². The molecule has 0 bridgehead atoms. The van der Waals surface area contributed by atoms with Crippen LogP contribution in [0.25, 0.3) is 0 Å². The van der Waals surface area contributed by atoms with Crippen molar-refractivity contribution in [1.29, 1.82) is 0 Å². The Morgan fingerprint density at radius 1 is 1.05 bits per heavy atom. The first-order chi connectivity index (χ1) is 9.66. The van der Waals surface area contributed by atoms with E-state index in [4.69, 9.17) is 4.74 Å². The highest BCUT2D eigenvalue weighted by Gasteiger charge is 2.33. The molecule has 0 atom stereocenters. The summed E-state index contributed by atoms with van der Waals surface area (Å²) in [6, 6.07) is 0. The number of nitrogens with zero attached hydrogens (tertiary/aromatic N) is 1. The van der Waals surface area contributed by atoms with Gasteiger partial charge in [0.2, 0.25) is 5.91 Å². The zero-order valence-corrected chi connectivity index (χ0v) is 16.1. The number of ether oxygens (including phenoxy) is 1. The van der Waals surface area contributed by atoms with Gasteiger partial charge in [0.1, 0.15) is 5.60 Å². The lowest BCUT2D eigenvalue weighted by Gasteiger charge is -2.31. The molecule has 6 heteroatoms. The van der Waals surface area contributed by atoms with E-state index < -0.39 is 17.1 Å². The molecule has 0 spiro atoms. The fourth-order valence-electron chi connectivity index (χ4n) is 2.16. The molecule has 0 aliphatic carbocycles. The summed E-state index contributed by atoms with van der Waals surface area (Å²) in [4.78, 5) is 28.0. The zero-order valence-electron chi connectivity index (χ0n) is 15.3. The van der Waals surface area contributed by atoms with Crippen molar-refractivity contribution in [1.82, 2.24) is 5.32 Å². The van der Waals surface area contributed by atoms with Gasteiger partial charge in [-0.3, -0.25) is 4.79 Å². The molecule has 1 N–H and O–H groups in total. The minimum Gasteiger partial charge on any atom is -0.442 e. The first kappa shape index (κ1) is 21.0. The van der Waals surface area contributed by atoms with Crippen molar-refractivity contribution in [3.05, 3.63) is 0 Å². The Labute approximate surface area is 138 Å². The van der Waals surface area contributed by atoms with Gasteiger partial charge in [-0.1, -0.05) is 46.4 Å². The van der Waals surface area contributed by atoms with Gasteiger partial charge in [-0.05, 0) is 38.9 Å². The maximum atomic E-state index is 12.4. The van der Waals surface area contributed by atoms with E-state index in [1.165, 1.54) is 11.8 Å². The van der Waals surface area contributed by atoms with Gasteiger partial charge in [0, 0.05) is 5.41 Å². The molecule has 0 rings (SSSR count). The molecule has 0 fully saturated rings. The Bertz CT molecular complexity index is 443. The summed E-state index contributed by atoms with van der Waals surface area (Å²) < 4.78 is 5.13. The molecule has 0 heterocycles. The second-order valence-electron chi connectivity index (χ2n) is 8.18. The molecule has 0 aromatic heterocycles. The third-order valence-corrected chi connectivity index (χ3v) is 3.17. The molecule has 5 nitrogen and oxygen atoms in total. The fraction of sp³-hybridized carbons (Fsp3) is 0.812. The Morgan fingerprint density at radius 3 is 1.91 bits per heavy atom. The Kier molecular flexibility index (Phi) is 7.13. The van der Waals surface area contributed by atoms with Gasteiger partial charge >= 0.3 is 6.09 Å². The van der Waals surface area contributed by atoms with Crippen LogP contribution in [0.1, 0.15) is 61.8 Å². The van der Waals surface area contributed by atoms with Crippen LogP contribution in [0.2, 0.25) is 0 Å². The highest BCUT2D eigenvalue weighted by Crippen LogP contribution is 2.33. The number of carbonyl (C=O) groups excluding carboxylic acids is 2. The lowest BCUT2D eigenvalue weighted by molar-refractivity contribution is -0.129. The Morgan fingerprint density at radius 2 is 1.55 bits per heavy atom. The molecule has 0 aromatic carbocycles. The van der Waals surface area contributed by atoms with Crippen molar-refractivity contribution in [2.24, 2.45) is 15.8 Å². The molecular formula is C16H30N2O3S. The normalized spacial score (nSPS) is 13.8. The van der Waals surface area contributed by atoms with Crippen LogP contribution in [0, 0.1) is 10.8 Å². The molecule has 0 unspecified atom stereocenters. The standard InChI is InChI=1S/C16H30N2O3S/c1-14(2,3)10-16(7,8)11(19)17-12(22-9)18-13(20)21-15(4,5)6/h10H2,1-9H3,(H,17,18,19,20). The molecule has 0 saturated carbocycles. The van der Waals surface area contributed by atoms with Crippen LogP contribution in [0.3, 0.4) is 0 Å². The smallest absolute Gasteiger partial charge is 0.436 e. The summed E-state index contributed by atoms with van der Waals surface area (Å²) in [5.41, 5.74) is -1.13. The quantitative estimate of drug-likeness (QED) is 0.608. The lowest BCUT2D eigenvalue weighted by atomic mass is 9.76. The molecule has 0 aromatic rings. The highest BCUT2D eigenvalue weighted by molar-refractivity contribution is 8.13. The number of rotatable bonds is 2. The largest absolute Gasteiger partial charge is 0.442 e. The predicted molar refractivity (Wildman–Crippen MR) is 93.2 cm³/mol. The molecule has 128 valence electrons. The van der Waals surface area contributed by atoms with Crippen LogP contribution in [0.4, 0.5) is 4.79 Å². The zero-order chi connectivity index (χ0) is 17.8. The van der Waals surface area contributed by atoms with Crippen molar-refractivity contribution in [2.75, 3.05) is 6.26 Å². The van der Waals surface area contributed by atoms with Gasteiger partial charge in [-0.2, -0.15) is 4.99 Å². The molecule has 0 aliphatic heterocycles. The number of carbonyl (C=O) groups is 2. The molecular weight excluding hydrogens is 300 g/mol. The minimum atomic E-state index is -0.703. The van der Waals surface area contributed by atoms with Crippen molar-refractivity contribution >= 4 is 28.9 Å². The van der Waals surface area contributed by atoms with Gasteiger partial charge < -0.3 is 10.1 Å². The van der Waals surface area contributed by atoms with Gasteiger partial charge in [-0.25, -0.2) is 4.79 Å². The number of nitrogens with one attached hydrogen (secondary N) is 1. The average molecular weight is 330 g/mol. The van der Waals surface area contributed by atoms with Crippen molar-refractivity contribution in [2.45, 2.75) is 67.4 Å². The summed E-state index contributed by atoms with van der Waals surface area (Å²) >= 11 is 1.20. The van der Waals surface area contributed by atoms with Crippen molar-refractivity contribution in [3.8, 4) is 0 Å². The van der Waals surface area contributed by atoms with Gasteiger partial charge in [0.05, 0.1) is 0 Å². The number of aliphatic imine (C=N–C) groups is 1. The number of thioether (sulfide) groups is 1.